The highest BCUT2D eigenvalue weighted by atomic mass is 19.1. The summed E-state index contributed by atoms with van der Waals surface area (Å²) in [5.74, 6) is -2.61. The highest BCUT2D eigenvalue weighted by Crippen LogP contribution is 2.40. The van der Waals surface area contributed by atoms with Crippen LogP contribution in [0.5, 0.6) is 0 Å². The molecule has 0 aliphatic carbocycles. The van der Waals surface area contributed by atoms with Crippen molar-refractivity contribution in [2.75, 3.05) is 41.4 Å². The Labute approximate surface area is 372 Å². The van der Waals surface area contributed by atoms with Gasteiger partial charge in [-0.25, -0.2) is 8.78 Å². The Morgan fingerprint density at radius 3 is 1.41 bits per heavy atom. The number of ether oxygens (including phenoxy) is 2. The lowest BCUT2D eigenvalue weighted by molar-refractivity contribution is -0.142. The van der Waals surface area contributed by atoms with E-state index >= 15 is 0 Å². The second-order valence-corrected chi connectivity index (χ2v) is 17.0. The average Bonchev–Trinajstić information content (AvgIpc) is 4.04. The lowest BCUT2D eigenvalue weighted by Gasteiger charge is -2.33. The minimum absolute atomic E-state index is 0.0888. The molecule has 0 saturated carbocycles. The summed E-state index contributed by atoms with van der Waals surface area (Å²) in [5, 5.41) is 36.0. The summed E-state index contributed by atoms with van der Waals surface area (Å²) in [7, 11) is 6.23. The van der Waals surface area contributed by atoms with Crippen LogP contribution in [0.2, 0.25) is 0 Å². The van der Waals surface area contributed by atoms with Crippen molar-refractivity contribution in [1.29, 1.82) is 0 Å². The van der Waals surface area contributed by atoms with Crippen LogP contribution in [-0.4, -0.2) is 156 Å². The molecule has 64 heavy (non-hydrogen) atoms. The number of halogens is 2. The first-order valence-corrected chi connectivity index (χ1v) is 22.2. The molecule has 350 valence electrons. The van der Waals surface area contributed by atoms with E-state index in [1.807, 2.05) is 13.8 Å². The van der Waals surface area contributed by atoms with Crippen molar-refractivity contribution in [3.8, 4) is 11.4 Å². The number of rotatable bonds is 19. The second-order valence-electron chi connectivity index (χ2n) is 17.0. The predicted molar refractivity (Wildman–Crippen MR) is 238 cm³/mol. The molecular weight excluding hydrogens is 831 g/mol. The summed E-state index contributed by atoms with van der Waals surface area (Å²) in [5.41, 5.74) is 3.07. The first-order chi connectivity index (χ1) is 30.6. The number of amides is 4. The van der Waals surface area contributed by atoms with E-state index < -0.39 is 84.1 Å². The number of H-pyrrole nitrogens is 2. The van der Waals surface area contributed by atoms with Crippen LogP contribution < -0.4 is 21.3 Å². The molecule has 16 nitrogen and oxygen atoms in total. The van der Waals surface area contributed by atoms with Gasteiger partial charge in [-0.3, -0.25) is 19.2 Å². The summed E-state index contributed by atoms with van der Waals surface area (Å²) >= 11 is 0. The third kappa shape index (κ3) is 9.82. The van der Waals surface area contributed by atoms with Crippen molar-refractivity contribution in [1.82, 2.24) is 41.0 Å². The molecule has 10 atom stereocenters. The van der Waals surface area contributed by atoms with Gasteiger partial charge in [-0.15, -0.1) is 0 Å². The summed E-state index contributed by atoms with van der Waals surface area (Å²) in [4.78, 5) is 65.4. The summed E-state index contributed by atoms with van der Waals surface area (Å²) in [6.07, 6.45) is -1.70. The van der Waals surface area contributed by atoms with E-state index in [0.717, 1.165) is 0 Å². The van der Waals surface area contributed by atoms with Gasteiger partial charge in [-0.05, 0) is 114 Å². The number of nitrogens with zero attached hydrogens (tertiary/aromatic N) is 2. The molecule has 4 amide bonds. The number of aliphatic hydroxyl groups is 2. The molecule has 8 N–H and O–H groups in total. The molecule has 18 heteroatoms. The average molecular weight is 895 g/mol. The second kappa shape index (κ2) is 20.9. The zero-order chi connectivity index (χ0) is 46.6. The molecule has 2 aliphatic rings. The molecule has 2 saturated heterocycles. The van der Waals surface area contributed by atoms with Gasteiger partial charge < -0.3 is 60.7 Å². The molecule has 4 heterocycles. The van der Waals surface area contributed by atoms with Gasteiger partial charge in [0.2, 0.25) is 23.6 Å². The molecule has 6 rings (SSSR count). The van der Waals surface area contributed by atoms with E-state index in [9.17, 15) is 38.2 Å². The number of carbonyl (C=O) groups excluding carboxylic acids is 4. The lowest BCUT2D eigenvalue weighted by Crippen LogP contribution is -2.58. The van der Waals surface area contributed by atoms with E-state index in [1.165, 1.54) is 38.5 Å². The number of carbonyl (C=O) groups is 4. The smallest absolute Gasteiger partial charge is 0.248 e. The number of aromatic nitrogens is 2. The van der Waals surface area contributed by atoms with Gasteiger partial charge in [0.15, 0.2) is 0 Å². The normalized spacial score (nSPS) is 21.8. The minimum atomic E-state index is -1.07. The number of benzene rings is 2. The molecule has 4 aromatic rings. The Bertz CT molecular complexity index is 2140. The Hall–Kier alpha value is -4.98. The third-order valence-electron chi connectivity index (χ3n) is 13.4. The maximum Gasteiger partial charge on any atom is 0.248 e. The van der Waals surface area contributed by atoms with Crippen molar-refractivity contribution < 1.29 is 47.6 Å². The van der Waals surface area contributed by atoms with Crippen LogP contribution in [-0.2, 0) is 41.5 Å². The summed E-state index contributed by atoms with van der Waals surface area (Å²) in [6, 6.07) is 3.78. The molecule has 0 spiro atoms. The fourth-order valence-electron chi connectivity index (χ4n) is 9.38. The van der Waals surface area contributed by atoms with Gasteiger partial charge in [0.1, 0.15) is 23.7 Å². The third-order valence-corrected chi connectivity index (χ3v) is 13.4. The quantitative estimate of drug-likeness (QED) is 0.0690. The largest absolute Gasteiger partial charge is 0.391 e. The first kappa shape index (κ1) is 48.5. The number of aliphatic hydroxyl groups excluding tert-OH is 2. The number of hydrogen-bond donors (Lipinski definition) is 8. The first-order valence-electron chi connectivity index (χ1n) is 22.2. The van der Waals surface area contributed by atoms with Crippen LogP contribution in [0, 0.1) is 11.6 Å². The van der Waals surface area contributed by atoms with Gasteiger partial charge in [-0.2, -0.15) is 0 Å². The fourth-order valence-corrected chi connectivity index (χ4v) is 9.38. The maximum absolute atomic E-state index is 14.9. The standard InChI is InChI=1S/C46H64F2N8O8/c1-9-31(49-5)43(59)53-39(23(3)63-7)45(61)55-17-15-37(57)35(55)21-29-27-13-11-25(47)19-33(27)51-41(29)42-30(28-14-12-26(48)20-34(28)52-42)22-36-38(58)16-18-56(36)46(62)40(24(4)64-8)54-44(60)32(10-2)50-6/h11-14,19-20,23-24,31-32,35-40,49-52,57-58H,9-10,15-18,21-22H2,1-8H3,(H,53,59)(H,54,60)/t23-,24-,31+,32+,35-,36+,37-,38-,39+,40+/m1/s1. The Kier molecular flexibility index (Phi) is 15.8. The number of methoxy groups -OCH3 is 2. The van der Waals surface area contributed by atoms with Gasteiger partial charge in [0.05, 0.1) is 60.0 Å². The SMILES string of the molecule is CC[C@H](NC)C(=O)N[C@H](C(=O)N1CC[C@@H](O)[C@H]1Cc1c(-c2[nH]c3cc(F)ccc3c2C[C@H]2[C@H](O)CCN2C(=O)[C@@H](NC(=O)[C@H](CC)NC)[C@@H](C)OC)[nH]c2cc(F)ccc12)[C@@H](C)OC. The highest BCUT2D eigenvalue weighted by Gasteiger charge is 2.44. The monoisotopic (exact) mass is 894 g/mol. The Morgan fingerprint density at radius 1 is 0.703 bits per heavy atom. The number of fused-ring (bicyclic) bond motifs is 2. The molecule has 2 aliphatic heterocycles. The van der Waals surface area contributed by atoms with E-state index in [1.54, 1.807) is 49.9 Å². The number of likely N-dealkylation sites (N-methyl/N-ethyl adjacent to an activating group) is 2. The van der Waals surface area contributed by atoms with Crippen molar-refractivity contribution >= 4 is 45.4 Å². The molecular formula is C46H64F2N8O8. The van der Waals surface area contributed by atoms with Crippen molar-refractivity contribution in [3.05, 3.63) is 59.2 Å². The van der Waals surface area contributed by atoms with Crippen LogP contribution in [0.4, 0.5) is 8.78 Å². The molecule has 0 bridgehead atoms. The molecule has 0 radical (unpaired) electrons. The molecule has 2 aromatic carbocycles. The van der Waals surface area contributed by atoms with Gasteiger partial charge in [0, 0.05) is 49.1 Å². The van der Waals surface area contributed by atoms with Crippen molar-refractivity contribution in [2.45, 2.75) is 127 Å². The van der Waals surface area contributed by atoms with Crippen molar-refractivity contribution in [3.63, 3.8) is 0 Å². The van der Waals surface area contributed by atoms with Crippen molar-refractivity contribution in [2.24, 2.45) is 0 Å². The Balaban J connectivity index is 1.42. The summed E-state index contributed by atoms with van der Waals surface area (Å²) in [6.45, 7) is 7.47. The molecule has 2 fully saturated rings. The fraction of sp³-hybridized carbons (Fsp3) is 0.565. The molecule has 2 aromatic heterocycles. The number of hydrogen-bond acceptors (Lipinski definition) is 10. The van der Waals surface area contributed by atoms with Crippen LogP contribution in [0.15, 0.2) is 36.4 Å². The Morgan fingerprint density at radius 2 is 1.08 bits per heavy atom. The number of likely N-dealkylation sites (tertiary alicyclic amines) is 2. The predicted octanol–water partition coefficient (Wildman–Crippen LogP) is 2.64. The van der Waals surface area contributed by atoms with Gasteiger partial charge in [-0.1, -0.05) is 13.8 Å². The highest BCUT2D eigenvalue weighted by molar-refractivity contribution is 5.97. The van der Waals surface area contributed by atoms with Crippen LogP contribution >= 0.6 is 0 Å². The topological polar surface area (TPSA) is 213 Å². The van der Waals surface area contributed by atoms with E-state index in [2.05, 4.69) is 31.2 Å². The zero-order valence-corrected chi connectivity index (χ0v) is 37.9. The minimum Gasteiger partial charge on any atom is -0.391 e. The van der Waals surface area contributed by atoms with Gasteiger partial charge in [0.25, 0.3) is 0 Å². The van der Waals surface area contributed by atoms with Crippen LogP contribution in [0.25, 0.3) is 33.2 Å². The van der Waals surface area contributed by atoms with Crippen LogP contribution in [0.3, 0.4) is 0 Å². The maximum atomic E-state index is 14.9. The number of nitrogens with one attached hydrogen (secondary N) is 6. The van der Waals surface area contributed by atoms with E-state index in [4.69, 9.17) is 9.47 Å². The lowest BCUT2D eigenvalue weighted by atomic mass is 9.93. The van der Waals surface area contributed by atoms with E-state index in [0.29, 0.717) is 57.2 Å². The zero-order valence-electron chi connectivity index (χ0n) is 37.9. The van der Waals surface area contributed by atoms with Crippen LogP contribution in [0.1, 0.15) is 64.5 Å². The molecule has 0 unspecified atom stereocenters. The summed E-state index contributed by atoms with van der Waals surface area (Å²) < 4.78 is 41.0. The number of aromatic amines is 2. The van der Waals surface area contributed by atoms with E-state index in [-0.39, 0.29) is 50.6 Å². The van der Waals surface area contributed by atoms with Gasteiger partial charge >= 0.3 is 0 Å².